The Hall–Kier alpha value is -2.91. The number of rotatable bonds is 15. The predicted molar refractivity (Wildman–Crippen MR) is 139 cm³/mol. The normalized spacial score (nSPS) is 13.6. The second-order valence-corrected chi connectivity index (χ2v) is 9.59. The molecule has 3 N–H and O–H groups in total. The van der Waals surface area contributed by atoms with Crippen LogP contribution >= 0.6 is 11.8 Å². The summed E-state index contributed by atoms with van der Waals surface area (Å²) in [6.45, 7) is 5.08. The summed E-state index contributed by atoms with van der Waals surface area (Å²) in [6.07, 6.45) is 6.25. The van der Waals surface area contributed by atoms with E-state index < -0.39 is 12.0 Å². The molecule has 0 saturated heterocycles. The third kappa shape index (κ3) is 10.1. The van der Waals surface area contributed by atoms with Crippen LogP contribution in [0.15, 0.2) is 54.9 Å². The largest absolute Gasteiger partial charge is 0.480 e. The molecule has 8 nitrogen and oxygen atoms in total. The summed E-state index contributed by atoms with van der Waals surface area (Å²) in [5.41, 5.74) is 1.50. The summed E-state index contributed by atoms with van der Waals surface area (Å²) in [5, 5.41) is 15.3. The first-order chi connectivity index (χ1) is 16.8. The van der Waals surface area contributed by atoms with E-state index in [0.717, 1.165) is 12.0 Å². The van der Waals surface area contributed by atoms with E-state index in [-0.39, 0.29) is 30.3 Å². The number of thioether (sulfide) groups is 1. The van der Waals surface area contributed by atoms with Crippen molar-refractivity contribution in [2.24, 2.45) is 5.92 Å². The zero-order chi connectivity index (χ0) is 25.6. The first kappa shape index (κ1) is 28.3. The van der Waals surface area contributed by atoms with Gasteiger partial charge < -0.3 is 15.7 Å². The number of aromatic nitrogens is 1. The minimum atomic E-state index is -1.04. The molecule has 1 aromatic carbocycles. The van der Waals surface area contributed by atoms with E-state index in [4.69, 9.17) is 0 Å². The topological polar surface area (TPSA) is 112 Å². The average Bonchev–Trinajstić information content (AvgIpc) is 2.86. The molecule has 0 bridgehead atoms. The Morgan fingerprint density at radius 2 is 1.86 bits per heavy atom. The van der Waals surface area contributed by atoms with Crippen molar-refractivity contribution in [3.8, 4) is 0 Å². The number of amides is 2. The molecule has 0 fully saturated rings. The molecule has 0 aliphatic rings. The molecular formula is C26H36N4O4S. The van der Waals surface area contributed by atoms with Gasteiger partial charge in [-0.15, -0.1) is 0 Å². The number of carboxylic acid groups (broad SMARTS) is 1. The third-order valence-electron chi connectivity index (χ3n) is 5.89. The van der Waals surface area contributed by atoms with Gasteiger partial charge in [-0.3, -0.25) is 19.5 Å². The average molecular weight is 501 g/mol. The lowest BCUT2D eigenvalue weighted by Crippen LogP contribution is -2.51. The summed E-state index contributed by atoms with van der Waals surface area (Å²) in [4.78, 5) is 43.3. The van der Waals surface area contributed by atoms with E-state index in [9.17, 15) is 19.5 Å². The molecule has 3 atom stereocenters. The highest BCUT2D eigenvalue weighted by molar-refractivity contribution is 7.98. The van der Waals surface area contributed by atoms with Gasteiger partial charge in [-0.1, -0.05) is 50.6 Å². The van der Waals surface area contributed by atoms with Gasteiger partial charge in [0.1, 0.15) is 6.04 Å². The van der Waals surface area contributed by atoms with Crippen molar-refractivity contribution in [2.45, 2.75) is 45.3 Å². The number of hydrogen-bond acceptors (Lipinski definition) is 6. The Kier molecular flexibility index (Phi) is 12.3. The predicted octanol–water partition coefficient (Wildman–Crippen LogP) is 3.05. The molecule has 2 amide bonds. The Labute approximate surface area is 211 Å². The summed E-state index contributed by atoms with van der Waals surface area (Å²) >= 11 is 1.54. The van der Waals surface area contributed by atoms with E-state index in [1.807, 2.05) is 41.5 Å². The van der Waals surface area contributed by atoms with Gasteiger partial charge >= 0.3 is 5.97 Å². The Morgan fingerprint density at radius 3 is 2.46 bits per heavy atom. The second kappa shape index (κ2) is 15.2. The Bertz CT molecular complexity index is 929. The molecule has 0 radical (unpaired) electrons. The van der Waals surface area contributed by atoms with Gasteiger partial charge in [0.25, 0.3) is 5.91 Å². The highest BCUT2D eigenvalue weighted by Crippen LogP contribution is 2.13. The van der Waals surface area contributed by atoms with Crippen LogP contribution in [-0.2, 0) is 16.1 Å². The van der Waals surface area contributed by atoms with Gasteiger partial charge in [-0.05, 0) is 42.0 Å². The lowest BCUT2D eigenvalue weighted by molar-refractivity contribution is -0.142. The lowest BCUT2D eigenvalue weighted by atomic mass is 9.97. The molecule has 190 valence electrons. The van der Waals surface area contributed by atoms with E-state index in [2.05, 4.69) is 29.5 Å². The molecule has 1 aromatic heterocycles. The molecule has 3 unspecified atom stereocenters. The van der Waals surface area contributed by atoms with Crippen molar-refractivity contribution in [3.05, 3.63) is 66.0 Å². The molecule has 0 aliphatic heterocycles. The fourth-order valence-electron chi connectivity index (χ4n) is 3.64. The Morgan fingerprint density at radius 1 is 1.11 bits per heavy atom. The van der Waals surface area contributed by atoms with Crippen LogP contribution in [0.4, 0.5) is 0 Å². The van der Waals surface area contributed by atoms with Crippen molar-refractivity contribution in [1.29, 1.82) is 0 Å². The number of nitrogens with one attached hydrogen (secondary N) is 2. The SMILES string of the molecule is CCC(C)C(CN(CC(=O)NC(CCSC)C(=O)O)Cc1ccccc1)NC(=O)c1cccnc1. The van der Waals surface area contributed by atoms with Gasteiger partial charge in [0, 0.05) is 31.5 Å². The van der Waals surface area contributed by atoms with Gasteiger partial charge in [-0.2, -0.15) is 11.8 Å². The van der Waals surface area contributed by atoms with Crippen LogP contribution in [0.3, 0.4) is 0 Å². The second-order valence-electron chi connectivity index (χ2n) is 8.60. The Balaban J connectivity index is 2.17. The molecule has 2 rings (SSSR count). The summed E-state index contributed by atoms with van der Waals surface area (Å²) in [7, 11) is 0. The maximum atomic E-state index is 12.9. The highest BCUT2D eigenvalue weighted by Gasteiger charge is 2.25. The fourth-order valence-corrected chi connectivity index (χ4v) is 4.11. The van der Waals surface area contributed by atoms with Crippen molar-refractivity contribution in [3.63, 3.8) is 0 Å². The van der Waals surface area contributed by atoms with Gasteiger partial charge in [0.15, 0.2) is 0 Å². The van der Waals surface area contributed by atoms with Gasteiger partial charge in [-0.25, -0.2) is 4.79 Å². The zero-order valence-electron chi connectivity index (χ0n) is 20.6. The van der Waals surface area contributed by atoms with Crippen LogP contribution in [0.25, 0.3) is 0 Å². The molecule has 0 spiro atoms. The van der Waals surface area contributed by atoms with E-state index in [1.54, 1.807) is 18.3 Å². The summed E-state index contributed by atoms with van der Waals surface area (Å²) in [5.74, 6) is -0.804. The number of benzene rings is 1. The zero-order valence-corrected chi connectivity index (χ0v) is 21.5. The fraction of sp³-hybridized carbons (Fsp3) is 0.462. The molecular weight excluding hydrogens is 464 g/mol. The van der Waals surface area contributed by atoms with Gasteiger partial charge in [0.2, 0.25) is 5.91 Å². The van der Waals surface area contributed by atoms with Crippen molar-refractivity contribution >= 4 is 29.5 Å². The van der Waals surface area contributed by atoms with Crippen LogP contribution in [-0.4, -0.2) is 70.0 Å². The molecule has 2 aromatic rings. The standard InChI is InChI=1S/C26H36N4O4S/c1-4-19(2)23(29-25(32)21-11-8-13-27-15-21)17-30(16-20-9-6-5-7-10-20)18-24(31)28-22(26(33)34)12-14-35-3/h5-11,13,15,19,22-23H,4,12,14,16-18H2,1-3H3,(H,28,31)(H,29,32)(H,33,34). The van der Waals surface area contributed by atoms with Crippen LogP contribution in [0.1, 0.15) is 42.6 Å². The number of carbonyl (C=O) groups is 3. The molecule has 35 heavy (non-hydrogen) atoms. The minimum absolute atomic E-state index is 0.0215. The monoisotopic (exact) mass is 500 g/mol. The van der Waals surface area contributed by atoms with Crippen molar-refractivity contribution in [1.82, 2.24) is 20.5 Å². The molecule has 9 heteroatoms. The van der Waals surface area contributed by atoms with Crippen LogP contribution in [0.2, 0.25) is 0 Å². The molecule has 1 heterocycles. The maximum absolute atomic E-state index is 12.9. The smallest absolute Gasteiger partial charge is 0.326 e. The lowest BCUT2D eigenvalue weighted by Gasteiger charge is -2.31. The number of pyridine rings is 1. The maximum Gasteiger partial charge on any atom is 0.326 e. The number of carboxylic acids is 1. The number of nitrogens with zero attached hydrogens (tertiary/aromatic N) is 2. The van der Waals surface area contributed by atoms with Crippen LogP contribution < -0.4 is 10.6 Å². The minimum Gasteiger partial charge on any atom is -0.480 e. The van der Waals surface area contributed by atoms with Crippen LogP contribution in [0, 0.1) is 5.92 Å². The number of hydrogen-bond donors (Lipinski definition) is 3. The van der Waals surface area contributed by atoms with E-state index in [1.165, 1.54) is 18.0 Å². The first-order valence-electron chi connectivity index (χ1n) is 11.8. The van der Waals surface area contributed by atoms with Gasteiger partial charge in [0.05, 0.1) is 12.1 Å². The van der Waals surface area contributed by atoms with Crippen molar-refractivity contribution in [2.75, 3.05) is 25.1 Å². The summed E-state index contributed by atoms with van der Waals surface area (Å²) in [6, 6.07) is 12.1. The molecule has 0 aliphatic carbocycles. The molecule has 0 saturated carbocycles. The number of carbonyl (C=O) groups excluding carboxylic acids is 2. The highest BCUT2D eigenvalue weighted by atomic mass is 32.2. The van der Waals surface area contributed by atoms with Crippen molar-refractivity contribution < 1.29 is 19.5 Å². The number of aliphatic carboxylic acids is 1. The third-order valence-corrected chi connectivity index (χ3v) is 6.53. The summed E-state index contributed by atoms with van der Waals surface area (Å²) < 4.78 is 0. The first-order valence-corrected chi connectivity index (χ1v) is 13.2. The quantitative estimate of drug-likeness (QED) is 0.345. The van der Waals surface area contributed by atoms with E-state index >= 15 is 0 Å². The van der Waals surface area contributed by atoms with E-state index in [0.29, 0.717) is 30.8 Å². The van der Waals surface area contributed by atoms with Crippen LogP contribution in [0.5, 0.6) is 0 Å².